The van der Waals surface area contributed by atoms with Crippen LogP contribution >= 0.6 is 0 Å². The fourth-order valence-corrected chi connectivity index (χ4v) is 3.87. The first-order valence-corrected chi connectivity index (χ1v) is 9.43. The van der Waals surface area contributed by atoms with Gasteiger partial charge in [0.05, 0.1) is 24.3 Å². The maximum Gasteiger partial charge on any atom is 0.271 e. The number of hydrogen-bond acceptors (Lipinski definition) is 6. The van der Waals surface area contributed by atoms with Crippen LogP contribution in [0.15, 0.2) is 58.8 Å². The van der Waals surface area contributed by atoms with E-state index in [4.69, 9.17) is 4.74 Å². The molecule has 1 N–H and O–H groups in total. The number of nitrogens with zero attached hydrogens (tertiary/aromatic N) is 3. The van der Waals surface area contributed by atoms with Crippen molar-refractivity contribution in [3.8, 4) is 0 Å². The van der Waals surface area contributed by atoms with Gasteiger partial charge in [-0.3, -0.25) is 9.78 Å². The lowest BCUT2D eigenvalue weighted by molar-refractivity contribution is 0.0730. The Morgan fingerprint density at radius 2 is 1.92 bits per heavy atom. The molecule has 2 heterocycles. The van der Waals surface area contributed by atoms with Crippen LogP contribution in [-0.4, -0.2) is 56.1 Å². The third-order valence-electron chi connectivity index (χ3n) is 3.79. The molecule has 1 amide bonds. The minimum absolute atomic E-state index is 0.0742. The van der Waals surface area contributed by atoms with E-state index in [1.807, 2.05) is 0 Å². The number of carbonyl (C=O) groups is 1. The molecule has 2 aromatic rings. The highest BCUT2D eigenvalue weighted by molar-refractivity contribution is 7.89. The summed E-state index contributed by atoms with van der Waals surface area (Å²) in [7, 11) is -3.65. The van der Waals surface area contributed by atoms with E-state index < -0.39 is 15.9 Å². The van der Waals surface area contributed by atoms with Crippen LogP contribution < -0.4 is 5.43 Å². The number of aromatic nitrogens is 1. The Morgan fingerprint density at radius 3 is 2.65 bits per heavy atom. The highest BCUT2D eigenvalue weighted by Crippen LogP contribution is 2.18. The summed E-state index contributed by atoms with van der Waals surface area (Å²) in [4.78, 5) is 16.2. The van der Waals surface area contributed by atoms with Crippen molar-refractivity contribution in [2.75, 3.05) is 26.3 Å². The van der Waals surface area contributed by atoms with Crippen molar-refractivity contribution in [3.63, 3.8) is 0 Å². The highest BCUT2D eigenvalue weighted by Gasteiger charge is 2.26. The van der Waals surface area contributed by atoms with Gasteiger partial charge in [0.15, 0.2) is 0 Å². The zero-order valence-corrected chi connectivity index (χ0v) is 14.7. The van der Waals surface area contributed by atoms with Gasteiger partial charge in [-0.15, -0.1) is 0 Å². The number of amides is 1. The van der Waals surface area contributed by atoms with E-state index in [-0.39, 0.29) is 10.5 Å². The van der Waals surface area contributed by atoms with Gasteiger partial charge in [-0.2, -0.15) is 9.41 Å². The fourth-order valence-electron chi connectivity index (χ4n) is 2.41. The number of carbonyl (C=O) groups excluding carboxylic acids is 1. The molecule has 0 atom stereocenters. The number of ether oxygens (including phenoxy) is 1. The highest BCUT2D eigenvalue weighted by atomic mass is 32.2. The quantitative estimate of drug-likeness (QED) is 0.618. The molecule has 9 heteroatoms. The maximum atomic E-state index is 12.7. The van der Waals surface area contributed by atoms with E-state index in [1.165, 1.54) is 34.8 Å². The second-order valence-electron chi connectivity index (χ2n) is 5.52. The zero-order valence-electron chi connectivity index (χ0n) is 13.9. The van der Waals surface area contributed by atoms with Gasteiger partial charge in [0.1, 0.15) is 0 Å². The second-order valence-corrected chi connectivity index (χ2v) is 7.46. The molecule has 8 nitrogen and oxygen atoms in total. The van der Waals surface area contributed by atoms with Crippen LogP contribution in [0.1, 0.15) is 15.9 Å². The van der Waals surface area contributed by atoms with Gasteiger partial charge in [0, 0.05) is 31.0 Å². The largest absolute Gasteiger partial charge is 0.379 e. The molecule has 1 aliphatic heterocycles. The number of nitrogens with one attached hydrogen (secondary N) is 1. The summed E-state index contributed by atoms with van der Waals surface area (Å²) in [5, 5.41) is 3.87. The van der Waals surface area contributed by atoms with Crippen LogP contribution in [0.4, 0.5) is 0 Å². The number of sulfonamides is 1. The average molecular weight is 374 g/mol. The van der Waals surface area contributed by atoms with Crippen molar-refractivity contribution in [1.82, 2.24) is 14.7 Å². The lowest BCUT2D eigenvalue weighted by Gasteiger charge is -2.26. The Bertz CT molecular complexity index is 894. The number of hydrogen-bond donors (Lipinski definition) is 1. The van der Waals surface area contributed by atoms with E-state index in [0.29, 0.717) is 26.3 Å². The van der Waals surface area contributed by atoms with Crippen LogP contribution in [0, 0.1) is 0 Å². The van der Waals surface area contributed by atoms with Crippen LogP contribution in [0.25, 0.3) is 0 Å². The van der Waals surface area contributed by atoms with E-state index in [0.717, 1.165) is 5.56 Å². The Labute approximate surface area is 151 Å². The first-order valence-electron chi connectivity index (χ1n) is 7.99. The second kappa shape index (κ2) is 8.17. The summed E-state index contributed by atoms with van der Waals surface area (Å²) in [6.07, 6.45) is 4.71. The summed E-state index contributed by atoms with van der Waals surface area (Å²) in [5.74, 6) is -0.491. The molecule has 0 spiro atoms. The first-order chi connectivity index (χ1) is 12.6. The van der Waals surface area contributed by atoms with Gasteiger partial charge < -0.3 is 4.74 Å². The third kappa shape index (κ3) is 4.31. The van der Waals surface area contributed by atoms with Gasteiger partial charge in [0.25, 0.3) is 5.91 Å². The smallest absolute Gasteiger partial charge is 0.271 e. The van der Waals surface area contributed by atoms with E-state index >= 15 is 0 Å². The summed E-state index contributed by atoms with van der Waals surface area (Å²) in [6.45, 7) is 1.33. The van der Waals surface area contributed by atoms with Crippen molar-refractivity contribution in [2.45, 2.75) is 4.90 Å². The molecule has 1 fully saturated rings. The van der Waals surface area contributed by atoms with Gasteiger partial charge >= 0.3 is 0 Å². The van der Waals surface area contributed by atoms with Crippen molar-refractivity contribution < 1.29 is 17.9 Å². The monoisotopic (exact) mass is 374 g/mol. The predicted octanol–water partition coefficient (Wildman–Crippen LogP) is 0.866. The van der Waals surface area contributed by atoms with Gasteiger partial charge in [0.2, 0.25) is 10.0 Å². The molecule has 1 aliphatic rings. The molecule has 3 rings (SSSR count). The molecule has 1 saturated heterocycles. The van der Waals surface area contributed by atoms with Crippen molar-refractivity contribution in [3.05, 3.63) is 59.9 Å². The molecule has 1 aromatic heterocycles. The van der Waals surface area contributed by atoms with Gasteiger partial charge in [-0.1, -0.05) is 6.07 Å². The molecule has 0 bridgehead atoms. The molecule has 26 heavy (non-hydrogen) atoms. The summed E-state index contributed by atoms with van der Waals surface area (Å²) in [5.41, 5.74) is 3.38. The molecular formula is C17H18N4O4S. The average Bonchev–Trinajstić information content (AvgIpc) is 2.69. The van der Waals surface area contributed by atoms with Crippen molar-refractivity contribution >= 4 is 22.1 Å². The Hall–Kier alpha value is -2.62. The van der Waals surface area contributed by atoms with E-state index in [1.54, 1.807) is 24.5 Å². The SMILES string of the molecule is O=C(NN=Cc1ccncc1)c1cccc(S(=O)(=O)N2CCOCC2)c1. The first kappa shape index (κ1) is 18.2. The normalized spacial score (nSPS) is 15.8. The van der Waals surface area contributed by atoms with Gasteiger partial charge in [-0.25, -0.2) is 13.8 Å². The maximum absolute atomic E-state index is 12.7. The Kier molecular flexibility index (Phi) is 5.71. The minimum atomic E-state index is -3.65. The Morgan fingerprint density at radius 1 is 1.19 bits per heavy atom. The number of morpholine rings is 1. The van der Waals surface area contributed by atoms with E-state index in [2.05, 4.69) is 15.5 Å². The molecule has 1 aromatic carbocycles. The molecule has 0 aliphatic carbocycles. The molecule has 0 unspecified atom stereocenters. The standard InChI is InChI=1S/C17H18N4O4S/c22-17(20-19-13-14-4-6-18-7-5-14)15-2-1-3-16(12-15)26(23,24)21-8-10-25-11-9-21/h1-7,12-13H,8-11H2,(H,20,22). The number of hydrazone groups is 1. The number of pyridine rings is 1. The molecule has 0 radical (unpaired) electrons. The predicted molar refractivity (Wildman–Crippen MR) is 95.3 cm³/mol. The van der Waals surface area contributed by atoms with E-state index in [9.17, 15) is 13.2 Å². The van der Waals surface area contributed by atoms with Crippen LogP contribution in [0.2, 0.25) is 0 Å². The molecular weight excluding hydrogens is 356 g/mol. The summed E-state index contributed by atoms with van der Waals surface area (Å²) >= 11 is 0. The van der Waals surface area contributed by atoms with Crippen LogP contribution in [-0.2, 0) is 14.8 Å². The number of benzene rings is 1. The summed E-state index contributed by atoms with van der Waals surface area (Å²) < 4.78 is 31.9. The fraction of sp³-hybridized carbons (Fsp3) is 0.235. The Balaban J connectivity index is 1.72. The van der Waals surface area contributed by atoms with Crippen LogP contribution in [0.5, 0.6) is 0 Å². The lowest BCUT2D eigenvalue weighted by Crippen LogP contribution is -2.40. The van der Waals surface area contributed by atoms with Gasteiger partial charge in [-0.05, 0) is 35.9 Å². The summed E-state index contributed by atoms with van der Waals surface area (Å²) in [6, 6.07) is 9.38. The number of rotatable bonds is 5. The molecule has 136 valence electrons. The van der Waals surface area contributed by atoms with Crippen molar-refractivity contribution in [1.29, 1.82) is 0 Å². The third-order valence-corrected chi connectivity index (χ3v) is 5.68. The molecule has 0 saturated carbocycles. The lowest BCUT2D eigenvalue weighted by atomic mass is 10.2. The minimum Gasteiger partial charge on any atom is -0.379 e. The van der Waals surface area contributed by atoms with Crippen LogP contribution in [0.3, 0.4) is 0 Å². The zero-order chi connectivity index (χ0) is 18.4. The van der Waals surface area contributed by atoms with Crippen molar-refractivity contribution in [2.24, 2.45) is 5.10 Å². The topological polar surface area (TPSA) is 101 Å².